The van der Waals surface area contributed by atoms with E-state index in [9.17, 15) is 4.79 Å². The molecule has 1 heteroatoms. The predicted octanol–water partition coefficient (Wildman–Crippen LogP) is 2.18. The van der Waals surface area contributed by atoms with Gasteiger partial charge in [-0.15, -0.1) is 0 Å². The molecule has 0 bridgehead atoms. The minimum atomic E-state index is 0.616. The molecule has 0 aromatic heterocycles. The Hall–Kier alpha value is -1.37. The van der Waals surface area contributed by atoms with Crippen LogP contribution in [0.3, 0.4) is 0 Å². The number of carbonyl (C=O) groups excluding carboxylic acids is 1. The lowest BCUT2D eigenvalue weighted by Gasteiger charge is -1.94. The summed E-state index contributed by atoms with van der Waals surface area (Å²) in [7, 11) is 0. The molecule has 0 unspecified atom stereocenters. The van der Waals surface area contributed by atoms with Gasteiger partial charge >= 0.3 is 0 Å². The number of benzene rings is 1. The standard InChI is InChI=1S/C10H9O/c1-2-5-9-6-3-4-7-10(9)8-11/h2-7H,1H3/b5-2-. The van der Waals surface area contributed by atoms with Crippen LogP contribution in [0.1, 0.15) is 18.1 Å². The summed E-state index contributed by atoms with van der Waals surface area (Å²) in [6.07, 6.45) is 5.67. The summed E-state index contributed by atoms with van der Waals surface area (Å²) in [6, 6.07) is 7.37. The summed E-state index contributed by atoms with van der Waals surface area (Å²) in [4.78, 5) is 10.3. The number of allylic oxidation sites excluding steroid dienone is 1. The van der Waals surface area contributed by atoms with Crippen molar-refractivity contribution in [3.8, 4) is 0 Å². The maximum Gasteiger partial charge on any atom is 0.234 e. The van der Waals surface area contributed by atoms with Gasteiger partial charge in [0.1, 0.15) is 0 Å². The van der Waals surface area contributed by atoms with E-state index in [1.165, 1.54) is 0 Å². The first-order valence-corrected chi connectivity index (χ1v) is 3.48. The lowest BCUT2D eigenvalue weighted by atomic mass is 10.1. The van der Waals surface area contributed by atoms with Crippen LogP contribution in [0, 0.1) is 0 Å². The van der Waals surface area contributed by atoms with E-state index >= 15 is 0 Å². The van der Waals surface area contributed by atoms with Crippen LogP contribution in [-0.2, 0) is 4.79 Å². The highest BCUT2D eigenvalue weighted by Crippen LogP contribution is 2.07. The largest absolute Gasteiger partial charge is 0.285 e. The molecule has 0 aliphatic rings. The highest BCUT2D eigenvalue weighted by atomic mass is 16.1. The van der Waals surface area contributed by atoms with E-state index in [0.29, 0.717) is 5.56 Å². The van der Waals surface area contributed by atoms with Gasteiger partial charge in [0.15, 0.2) is 0 Å². The molecule has 55 valence electrons. The van der Waals surface area contributed by atoms with Crippen molar-refractivity contribution in [2.75, 3.05) is 0 Å². The van der Waals surface area contributed by atoms with Crippen molar-refractivity contribution in [2.45, 2.75) is 6.92 Å². The number of rotatable bonds is 2. The topological polar surface area (TPSA) is 17.1 Å². The summed E-state index contributed by atoms with van der Waals surface area (Å²) in [5, 5.41) is 0. The van der Waals surface area contributed by atoms with Gasteiger partial charge in [0.05, 0.1) is 0 Å². The van der Waals surface area contributed by atoms with Crippen LogP contribution in [-0.4, -0.2) is 6.29 Å². The quantitative estimate of drug-likeness (QED) is 0.623. The first-order valence-electron chi connectivity index (χ1n) is 3.48. The lowest BCUT2D eigenvalue weighted by molar-refractivity contribution is 0.562. The SMILES string of the molecule is C/C=C\c1ccccc1[C]=O. The Morgan fingerprint density at radius 1 is 1.36 bits per heavy atom. The second kappa shape index (κ2) is 3.71. The van der Waals surface area contributed by atoms with Gasteiger partial charge in [-0.25, -0.2) is 0 Å². The van der Waals surface area contributed by atoms with Gasteiger partial charge in [0.2, 0.25) is 6.29 Å². The van der Waals surface area contributed by atoms with E-state index in [0.717, 1.165) is 5.56 Å². The van der Waals surface area contributed by atoms with Crippen LogP contribution in [0.25, 0.3) is 6.08 Å². The molecule has 1 rings (SSSR count). The van der Waals surface area contributed by atoms with Crippen LogP contribution in [0.5, 0.6) is 0 Å². The third-order valence-corrected chi connectivity index (χ3v) is 1.42. The molecule has 0 spiro atoms. The summed E-state index contributed by atoms with van der Waals surface area (Å²) in [5.74, 6) is 0. The summed E-state index contributed by atoms with van der Waals surface area (Å²) in [5.41, 5.74) is 1.54. The Morgan fingerprint density at radius 3 is 2.73 bits per heavy atom. The van der Waals surface area contributed by atoms with Gasteiger partial charge in [-0.05, 0) is 12.5 Å². The summed E-state index contributed by atoms with van der Waals surface area (Å²) in [6.45, 7) is 1.92. The molecule has 0 amide bonds. The van der Waals surface area contributed by atoms with E-state index in [2.05, 4.69) is 0 Å². The molecule has 0 N–H and O–H groups in total. The Morgan fingerprint density at radius 2 is 2.09 bits per heavy atom. The van der Waals surface area contributed by atoms with Crippen molar-refractivity contribution in [1.29, 1.82) is 0 Å². The van der Waals surface area contributed by atoms with Crippen LogP contribution in [0.4, 0.5) is 0 Å². The molecular formula is C10H9O. The highest BCUT2D eigenvalue weighted by Gasteiger charge is 1.94. The van der Waals surface area contributed by atoms with Crippen LogP contribution < -0.4 is 0 Å². The maximum absolute atomic E-state index is 10.3. The average molecular weight is 145 g/mol. The zero-order valence-electron chi connectivity index (χ0n) is 6.37. The molecule has 0 aliphatic carbocycles. The van der Waals surface area contributed by atoms with E-state index in [-0.39, 0.29) is 0 Å². The Labute approximate surface area is 66.4 Å². The number of hydrogen-bond acceptors (Lipinski definition) is 1. The third-order valence-electron chi connectivity index (χ3n) is 1.42. The minimum absolute atomic E-state index is 0.616. The highest BCUT2D eigenvalue weighted by molar-refractivity contribution is 5.81. The second-order valence-corrected chi connectivity index (χ2v) is 2.19. The molecule has 1 nitrogen and oxygen atoms in total. The average Bonchev–Trinajstić information content (AvgIpc) is 2.06. The summed E-state index contributed by atoms with van der Waals surface area (Å²) < 4.78 is 0. The van der Waals surface area contributed by atoms with Gasteiger partial charge in [-0.1, -0.05) is 36.4 Å². The molecule has 1 aromatic carbocycles. The van der Waals surface area contributed by atoms with Gasteiger partial charge in [0.25, 0.3) is 0 Å². The summed E-state index contributed by atoms with van der Waals surface area (Å²) >= 11 is 0. The van der Waals surface area contributed by atoms with E-state index in [4.69, 9.17) is 0 Å². The van der Waals surface area contributed by atoms with Crippen molar-refractivity contribution in [3.05, 3.63) is 41.5 Å². The Kier molecular flexibility index (Phi) is 2.61. The van der Waals surface area contributed by atoms with Gasteiger partial charge < -0.3 is 0 Å². The number of hydrogen-bond donors (Lipinski definition) is 0. The lowest BCUT2D eigenvalue weighted by Crippen LogP contribution is -1.83. The maximum atomic E-state index is 10.3. The van der Waals surface area contributed by atoms with Gasteiger partial charge in [-0.3, -0.25) is 4.79 Å². The fraction of sp³-hybridized carbons (Fsp3) is 0.100. The smallest absolute Gasteiger partial charge is 0.234 e. The molecule has 11 heavy (non-hydrogen) atoms. The van der Waals surface area contributed by atoms with Crippen molar-refractivity contribution >= 4 is 12.4 Å². The molecule has 0 fully saturated rings. The van der Waals surface area contributed by atoms with Crippen LogP contribution >= 0.6 is 0 Å². The molecule has 1 radical (unpaired) electrons. The molecule has 0 aliphatic heterocycles. The third kappa shape index (κ3) is 1.77. The molecule has 0 saturated heterocycles. The zero-order chi connectivity index (χ0) is 8.10. The molecule has 1 aromatic rings. The van der Waals surface area contributed by atoms with Crippen LogP contribution in [0.15, 0.2) is 30.3 Å². The van der Waals surface area contributed by atoms with E-state index in [1.807, 2.05) is 43.6 Å². The fourth-order valence-electron chi connectivity index (χ4n) is 0.915. The fourth-order valence-corrected chi connectivity index (χ4v) is 0.915. The monoisotopic (exact) mass is 145 g/mol. The minimum Gasteiger partial charge on any atom is -0.285 e. The zero-order valence-corrected chi connectivity index (χ0v) is 6.37. The molecule has 0 saturated carbocycles. The van der Waals surface area contributed by atoms with Crippen molar-refractivity contribution < 1.29 is 4.79 Å². The Bertz CT molecular complexity index is 274. The van der Waals surface area contributed by atoms with Gasteiger partial charge in [0, 0.05) is 5.56 Å². The first-order chi connectivity index (χ1) is 5.38. The van der Waals surface area contributed by atoms with E-state index < -0.39 is 0 Å². The van der Waals surface area contributed by atoms with Crippen molar-refractivity contribution in [3.63, 3.8) is 0 Å². The Balaban J connectivity index is 3.11. The first kappa shape index (κ1) is 7.73. The van der Waals surface area contributed by atoms with Gasteiger partial charge in [-0.2, -0.15) is 0 Å². The van der Waals surface area contributed by atoms with Crippen LogP contribution in [0.2, 0.25) is 0 Å². The molecule has 0 heterocycles. The molecule has 0 atom stereocenters. The normalized spacial score (nSPS) is 10.3. The molecular weight excluding hydrogens is 136 g/mol. The van der Waals surface area contributed by atoms with E-state index in [1.54, 1.807) is 6.07 Å². The predicted molar refractivity (Wildman–Crippen MR) is 45.9 cm³/mol. The van der Waals surface area contributed by atoms with Crippen molar-refractivity contribution in [1.82, 2.24) is 0 Å². The second-order valence-electron chi connectivity index (χ2n) is 2.19. The van der Waals surface area contributed by atoms with Crippen molar-refractivity contribution in [2.24, 2.45) is 0 Å².